The minimum absolute atomic E-state index is 0.356. The Labute approximate surface area is 204 Å². The van der Waals surface area contributed by atoms with Crippen molar-refractivity contribution in [1.29, 1.82) is 0 Å². The number of carbonyl (C=O) groups excluding carboxylic acids is 2. The third-order valence-corrected chi connectivity index (χ3v) is 6.64. The van der Waals surface area contributed by atoms with Crippen LogP contribution < -0.4 is 9.22 Å². The Balaban J connectivity index is 1.53. The first-order chi connectivity index (χ1) is 17.1. The van der Waals surface area contributed by atoms with Gasteiger partial charge in [0.05, 0.1) is 38.4 Å². The lowest BCUT2D eigenvalue weighted by molar-refractivity contribution is -0.127. The van der Waals surface area contributed by atoms with Gasteiger partial charge in [-0.2, -0.15) is 0 Å². The maximum absolute atomic E-state index is 13.4. The number of H-pyrrole nitrogens is 1. The van der Waals surface area contributed by atoms with Crippen LogP contribution in [-0.4, -0.2) is 46.8 Å². The van der Waals surface area contributed by atoms with Crippen molar-refractivity contribution in [2.45, 2.75) is 13.1 Å². The number of hydrogen-bond acceptors (Lipinski definition) is 4. The van der Waals surface area contributed by atoms with Crippen molar-refractivity contribution in [2.75, 3.05) is 20.2 Å². The molecule has 7 heteroatoms. The molecule has 1 aromatic heterocycles. The number of imidazole rings is 1. The second-order valence-corrected chi connectivity index (χ2v) is 8.68. The number of hydrogen-bond donors (Lipinski definition) is 1. The maximum Gasteiger partial charge on any atom is 0.295 e. The minimum atomic E-state index is -0.515. The Kier molecular flexibility index (Phi) is 6.16. The summed E-state index contributed by atoms with van der Waals surface area (Å²) in [5.41, 5.74) is 4.60. The standard InChI is InChI=1S/C28H27N4O3/c1-35-25-13-11-21(12-14-25)27(33)28(34)31-15-16-32(19-23-17-29-20-30-23,24-8-3-2-4-9-24)26-10-6-5-7-22(26)18-31/h2-14,17,20H,15-16,18-19H2,1H3,(H,29,30)/q+1. The number of nitrogens with zero attached hydrogens (tertiary/aromatic N) is 3. The summed E-state index contributed by atoms with van der Waals surface area (Å²) < 4.78 is 5.69. The normalized spacial score (nSPS) is 17.3. The number of amides is 1. The van der Waals surface area contributed by atoms with Crippen LogP contribution >= 0.6 is 0 Å². The Morgan fingerprint density at radius 3 is 2.46 bits per heavy atom. The van der Waals surface area contributed by atoms with E-state index in [0.29, 0.717) is 42.0 Å². The van der Waals surface area contributed by atoms with Crippen LogP contribution in [0, 0.1) is 0 Å². The summed E-state index contributed by atoms with van der Waals surface area (Å²) in [6, 6.07) is 25.1. The first-order valence-corrected chi connectivity index (χ1v) is 11.6. The van der Waals surface area contributed by atoms with Crippen LogP contribution in [0.3, 0.4) is 0 Å². The van der Waals surface area contributed by atoms with E-state index in [1.165, 1.54) is 0 Å². The molecule has 1 aliphatic rings. The van der Waals surface area contributed by atoms with Crippen molar-refractivity contribution in [2.24, 2.45) is 0 Å². The fourth-order valence-electron chi connectivity index (χ4n) is 4.84. The maximum atomic E-state index is 13.4. The van der Waals surface area contributed by atoms with Gasteiger partial charge in [-0.25, -0.2) is 4.98 Å². The van der Waals surface area contributed by atoms with E-state index < -0.39 is 11.7 Å². The predicted molar refractivity (Wildman–Crippen MR) is 134 cm³/mol. The quantitative estimate of drug-likeness (QED) is 0.258. The molecule has 0 saturated heterocycles. The number of ketones is 1. The number of para-hydroxylation sites is 2. The third-order valence-electron chi connectivity index (χ3n) is 6.64. The number of ether oxygens (including phenoxy) is 1. The van der Waals surface area contributed by atoms with Gasteiger partial charge in [-0.05, 0) is 42.5 Å². The molecule has 0 fully saturated rings. The summed E-state index contributed by atoms with van der Waals surface area (Å²) >= 11 is 0. The van der Waals surface area contributed by atoms with Crippen molar-refractivity contribution >= 4 is 23.1 Å². The van der Waals surface area contributed by atoms with E-state index >= 15 is 0 Å². The van der Waals surface area contributed by atoms with Gasteiger partial charge in [-0.1, -0.05) is 36.4 Å². The monoisotopic (exact) mass is 467 g/mol. The number of Topliss-reactive ketones (excluding diaryl/α,β-unsaturated/α-hetero) is 1. The van der Waals surface area contributed by atoms with Crippen molar-refractivity contribution in [3.63, 3.8) is 0 Å². The van der Waals surface area contributed by atoms with Crippen molar-refractivity contribution in [3.05, 3.63) is 108 Å². The Morgan fingerprint density at radius 1 is 1.00 bits per heavy atom. The summed E-state index contributed by atoms with van der Waals surface area (Å²) in [6.45, 7) is 2.06. The topological polar surface area (TPSA) is 75.3 Å². The average Bonchev–Trinajstić information content (AvgIpc) is 3.37. The van der Waals surface area contributed by atoms with Crippen LogP contribution in [-0.2, 0) is 17.9 Å². The molecule has 1 aliphatic heterocycles. The predicted octanol–water partition coefficient (Wildman–Crippen LogP) is 4.48. The van der Waals surface area contributed by atoms with E-state index in [4.69, 9.17) is 4.74 Å². The van der Waals surface area contributed by atoms with Crippen molar-refractivity contribution in [3.8, 4) is 5.75 Å². The zero-order valence-corrected chi connectivity index (χ0v) is 19.6. The highest BCUT2D eigenvalue weighted by Crippen LogP contribution is 2.41. The first-order valence-electron chi connectivity index (χ1n) is 11.6. The smallest absolute Gasteiger partial charge is 0.295 e. The summed E-state index contributed by atoms with van der Waals surface area (Å²) in [5.74, 6) is -0.376. The first kappa shape index (κ1) is 22.6. The molecule has 3 aromatic carbocycles. The molecule has 0 bridgehead atoms. The lowest BCUT2D eigenvalue weighted by atomic mass is 10.1. The van der Waals surface area contributed by atoms with E-state index in [0.717, 1.165) is 22.6 Å². The van der Waals surface area contributed by atoms with E-state index in [2.05, 4.69) is 28.2 Å². The number of fused-ring (bicyclic) bond motifs is 1. The van der Waals surface area contributed by atoms with Gasteiger partial charge in [0.2, 0.25) is 5.78 Å². The van der Waals surface area contributed by atoms with Gasteiger partial charge in [0, 0.05) is 11.1 Å². The van der Waals surface area contributed by atoms with Gasteiger partial charge in [0.15, 0.2) is 0 Å². The molecule has 176 valence electrons. The molecule has 1 atom stereocenters. The minimum Gasteiger partial charge on any atom is -0.497 e. The largest absolute Gasteiger partial charge is 0.497 e. The van der Waals surface area contributed by atoms with Crippen LogP contribution in [0.1, 0.15) is 21.6 Å². The van der Waals surface area contributed by atoms with Crippen molar-refractivity contribution in [1.82, 2.24) is 19.4 Å². The van der Waals surface area contributed by atoms with E-state index in [1.807, 2.05) is 42.6 Å². The third kappa shape index (κ3) is 4.34. The molecule has 1 N–H and O–H groups in total. The molecule has 0 spiro atoms. The molecule has 0 radical (unpaired) electrons. The van der Waals surface area contributed by atoms with Gasteiger partial charge in [0.25, 0.3) is 5.91 Å². The Morgan fingerprint density at radius 2 is 1.74 bits per heavy atom. The molecule has 7 nitrogen and oxygen atoms in total. The summed E-state index contributed by atoms with van der Waals surface area (Å²) in [4.78, 5) is 35.6. The van der Waals surface area contributed by atoms with E-state index in [-0.39, 0.29) is 0 Å². The lowest BCUT2D eigenvalue weighted by Crippen LogP contribution is -2.48. The number of methoxy groups -OCH3 is 1. The van der Waals surface area contributed by atoms with Gasteiger partial charge >= 0.3 is 0 Å². The Bertz CT molecular complexity index is 1320. The summed E-state index contributed by atoms with van der Waals surface area (Å²) in [5, 5.41) is 0. The second-order valence-electron chi connectivity index (χ2n) is 8.68. The van der Waals surface area contributed by atoms with Crippen LogP contribution in [0.5, 0.6) is 5.75 Å². The lowest BCUT2D eigenvalue weighted by Gasteiger charge is -2.37. The molecule has 2 heterocycles. The molecule has 35 heavy (non-hydrogen) atoms. The zero-order chi connectivity index (χ0) is 24.3. The highest BCUT2D eigenvalue weighted by molar-refractivity contribution is 6.42. The van der Waals surface area contributed by atoms with Gasteiger partial charge in [0.1, 0.15) is 30.2 Å². The number of carbonyl (C=O) groups is 2. The number of aromatic amines is 1. The SMILES string of the molecule is COc1ccc(C(=O)C(=O)N2CC[N+](Cc3cnc[nH]3)(c3ccccc3)c3ccccc3C2)cc1. The second kappa shape index (κ2) is 9.56. The van der Waals surface area contributed by atoms with Gasteiger partial charge in [-0.15, -0.1) is 0 Å². The fraction of sp³-hybridized carbons (Fsp3) is 0.179. The van der Waals surface area contributed by atoms with Gasteiger partial charge < -0.3 is 14.6 Å². The molecule has 0 saturated carbocycles. The highest BCUT2D eigenvalue weighted by atomic mass is 16.5. The number of rotatable bonds is 6. The highest BCUT2D eigenvalue weighted by Gasteiger charge is 2.40. The van der Waals surface area contributed by atoms with Gasteiger partial charge in [-0.3, -0.25) is 14.1 Å². The van der Waals surface area contributed by atoms with E-state index in [1.54, 1.807) is 42.6 Å². The zero-order valence-electron chi connectivity index (χ0n) is 19.6. The number of quaternary nitrogens is 1. The Hall–Kier alpha value is -4.23. The van der Waals surface area contributed by atoms with Crippen LogP contribution in [0.15, 0.2) is 91.4 Å². The van der Waals surface area contributed by atoms with Crippen LogP contribution in [0.25, 0.3) is 0 Å². The van der Waals surface area contributed by atoms with Crippen LogP contribution in [0.2, 0.25) is 0 Å². The van der Waals surface area contributed by atoms with Crippen LogP contribution in [0.4, 0.5) is 11.4 Å². The summed E-state index contributed by atoms with van der Waals surface area (Å²) in [6.07, 6.45) is 3.52. The van der Waals surface area contributed by atoms with E-state index in [9.17, 15) is 9.59 Å². The number of benzene rings is 3. The molecule has 5 rings (SSSR count). The number of nitrogens with one attached hydrogen (secondary N) is 1. The fourth-order valence-corrected chi connectivity index (χ4v) is 4.84. The molecule has 1 unspecified atom stereocenters. The molecular formula is C28H27N4O3+. The average molecular weight is 468 g/mol. The molecule has 1 amide bonds. The molecular weight excluding hydrogens is 440 g/mol. The molecule has 0 aliphatic carbocycles. The van der Waals surface area contributed by atoms with Crippen molar-refractivity contribution < 1.29 is 14.3 Å². The summed E-state index contributed by atoms with van der Waals surface area (Å²) in [7, 11) is 1.57. The molecule has 4 aromatic rings. The number of aromatic nitrogens is 2.